The summed E-state index contributed by atoms with van der Waals surface area (Å²) in [6.07, 6.45) is 0. The minimum absolute atomic E-state index is 1.15. The lowest BCUT2D eigenvalue weighted by molar-refractivity contribution is 1.29. The van der Waals surface area contributed by atoms with Crippen molar-refractivity contribution in [2.45, 2.75) is 0 Å². The fraction of sp³-hybridized carbons (Fsp3) is 0. The van der Waals surface area contributed by atoms with E-state index in [9.17, 15) is 0 Å². The number of benzene rings is 7. The lowest BCUT2D eigenvalue weighted by atomic mass is 9.94. The van der Waals surface area contributed by atoms with Crippen molar-refractivity contribution in [3.05, 3.63) is 152 Å². The summed E-state index contributed by atoms with van der Waals surface area (Å²) in [7, 11) is 0. The summed E-state index contributed by atoms with van der Waals surface area (Å²) < 4.78 is 0. The topological polar surface area (TPSA) is 3.24 Å². The van der Waals surface area contributed by atoms with Gasteiger partial charge in [-0.25, -0.2) is 0 Å². The molecule has 0 aliphatic heterocycles. The molecule has 7 aromatic rings. The number of hydrogen-bond donors (Lipinski definition) is 0. The predicted molar refractivity (Wildman–Crippen MR) is 159 cm³/mol. The average Bonchev–Trinajstić information content (AvgIpc) is 2.97. The van der Waals surface area contributed by atoms with E-state index in [0.717, 1.165) is 17.1 Å². The van der Waals surface area contributed by atoms with Crippen molar-refractivity contribution in [2.75, 3.05) is 4.90 Å². The van der Waals surface area contributed by atoms with Crippen molar-refractivity contribution < 1.29 is 0 Å². The highest BCUT2D eigenvalue weighted by molar-refractivity contribution is 6.10. The van der Waals surface area contributed by atoms with Gasteiger partial charge in [-0.05, 0) is 85.9 Å². The predicted octanol–water partition coefficient (Wildman–Crippen LogP) is 10.3. The average molecular weight is 472 g/mol. The van der Waals surface area contributed by atoms with Gasteiger partial charge in [-0.15, -0.1) is 0 Å². The first-order valence-electron chi connectivity index (χ1n) is 12.7. The molecule has 0 amide bonds. The fourth-order valence-electron chi connectivity index (χ4n) is 5.44. The monoisotopic (exact) mass is 471 g/mol. The van der Waals surface area contributed by atoms with Gasteiger partial charge >= 0.3 is 0 Å². The van der Waals surface area contributed by atoms with E-state index in [1.165, 1.54) is 43.4 Å². The molecule has 0 heterocycles. The zero-order valence-corrected chi connectivity index (χ0v) is 20.4. The summed E-state index contributed by atoms with van der Waals surface area (Å²) in [6.45, 7) is 0. The Morgan fingerprint density at radius 1 is 0.324 bits per heavy atom. The summed E-state index contributed by atoms with van der Waals surface area (Å²) in [5.41, 5.74) is 5.97. The maximum absolute atomic E-state index is 2.32. The molecule has 0 aromatic heterocycles. The molecule has 7 aromatic carbocycles. The molecule has 0 bridgehead atoms. The van der Waals surface area contributed by atoms with Gasteiger partial charge in [-0.2, -0.15) is 0 Å². The highest BCUT2D eigenvalue weighted by Crippen LogP contribution is 2.38. The molecule has 0 aliphatic carbocycles. The minimum atomic E-state index is 1.15. The van der Waals surface area contributed by atoms with E-state index < -0.39 is 0 Å². The number of hydrogen-bond acceptors (Lipinski definition) is 1. The van der Waals surface area contributed by atoms with Gasteiger partial charge in [0.05, 0.1) is 0 Å². The number of fused-ring (bicyclic) bond motifs is 4. The normalized spacial score (nSPS) is 11.2. The SMILES string of the molecule is c1ccc(N(c2ccccc2)c2ccc3c(ccc4cc(-c5cccc6ccccc56)ccc43)c2)cc1. The number of nitrogens with zero attached hydrogens (tertiary/aromatic N) is 1. The van der Waals surface area contributed by atoms with E-state index in [2.05, 4.69) is 157 Å². The van der Waals surface area contributed by atoms with Gasteiger partial charge in [-0.3, -0.25) is 0 Å². The number of rotatable bonds is 4. The second kappa shape index (κ2) is 8.96. The van der Waals surface area contributed by atoms with Gasteiger partial charge in [0.15, 0.2) is 0 Å². The second-order valence-electron chi connectivity index (χ2n) is 9.44. The van der Waals surface area contributed by atoms with E-state index in [1.54, 1.807) is 0 Å². The summed E-state index contributed by atoms with van der Waals surface area (Å²) in [5.74, 6) is 0. The molecule has 0 radical (unpaired) electrons. The molecule has 0 unspecified atom stereocenters. The molecule has 0 aliphatic rings. The van der Waals surface area contributed by atoms with E-state index in [-0.39, 0.29) is 0 Å². The largest absolute Gasteiger partial charge is 0.310 e. The van der Waals surface area contributed by atoms with Gasteiger partial charge in [0.25, 0.3) is 0 Å². The van der Waals surface area contributed by atoms with Crippen molar-refractivity contribution in [1.82, 2.24) is 0 Å². The van der Waals surface area contributed by atoms with Crippen molar-refractivity contribution in [2.24, 2.45) is 0 Å². The molecule has 0 spiro atoms. The first-order chi connectivity index (χ1) is 18.3. The Hall–Kier alpha value is -4.88. The molecule has 174 valence electrons. The van der Waals surface area contributed by atoms with E-state index in [1.807, 2.05) is 0 Å². The summed E-state index contributed by atoms with van der Waals surface area (Å²) in [5, 5.41) is 7.60. The first-order valence-corrected chi connectivity index (χ1v) is 12.7. The number of anilines is 3. The van der Waals surface area contributed by atoms with Gasteiger partial charge in [-0.1, -0.05) is 109 Å². The molecule has 0 saturated heterocycles. The highest BCUT2D eigenvalue weighted by atomic mass is 15.1. The number of para-hydroxylation sites is 2. The molecule has 0 fully saturated rings. The van der Waals surface area contributed by atoms with Crippen LogP contribution in [0, 0.1) is 0 Å². The van der Waals surface area contributed by atoms with Crippen LogP contribution in [0.2, 0.25) is 0 Å². The van der Waals surface area contributed by atoms with Gasteiger partial charge in [0.1, 0.15) is 0 Å². The fourth-order valence-corrected chi connectivity index (χ4v) is 5.44. The Morgan fingerprint density at radius 2 is 0.919 bits per heavy atom. The van der Waals surface area contributed by atoms with Crippen LogP contribution in [0.4, 0.5) is 17.1 Å². The van der Waals surface area contributed by atoms with Crippen LogP contribution < -0.4 is 4.90 Å². The molecule has 0 N–H and O–H groups in total. The molecule has 1 nitrogen and oxygen atoms in total. The Labute approximate surface area is 216 Å². The lowest BCUT2D eigenvalue weighted by Crippen LogP contribution is -2.09. The van der Waals surface area contributed by atoms with Gasteiger partial charge in [0.2, 0.25) is 0 Å². The van der Waals surface area contributed by atoms with Crippen LogP contribution in [0.25, 0.3) is 43.4 Å². The maximum Gasteiger partial charge on any atom is 0.0468 e. The molecule has 1 heteroatoms. The molecular formula is C36H25N. The van der Waals surface area contributed by atoms with E-state index in [0.29, 0.717) is 0 Å². The Bertz CT molecular complexity index is 1830. The van der Waals surface area contributed by atoms with Crippen LogP contribution in [-0.2, 0) is 0 Å². The zero-order valence-electron chi connectivity index (χ0n) is 20.4. The van der Waals surface area contributed by atoms with Crippen LogP contribution in [0.15, 0.2) is 152 Å². The Morgan fingerprint density at radius 3 is 1.65 bits per heavy atom. The summed E-state index contributed by atoms with van der Waals surface area (Å²) in [6, 6.07) is 54.5. The van der Waals surface area contributed by atoms with Crippen LogP contribution in [0.5, 0.6) is 0 Å². The molecule has 37 heavy (non-hydrogen) atoms. The Balaban J connectivity index is 1.35. The van der Waals surface area contributed by atoms with Crippen LogP contribution in [0.3, 0.4) is 0 Å². The third kappa shape index (κ3) is 3.82. The maximum atomic E-state index is 2.32. The van der Waals surface area contributed by atoms with Crippen LogP contribution in [-0.4, -0.2) is 0 Å². The summed E-state index contributed by atoms with van der Waals surface area (Å²) in [4.78, 5) is 2.31. The molecule has 7 rings (SSSR count). The van der Waals surface area contributed by atoms with Crippen molar-refractivity contribution in [3.8, 4) is 11.1 Å². The second-order valence-corrected chi connectivity index (χ2v) is 9.44. The molecular weight excluding hydrogens is 446 g/mol. The minimum Gasteiger partial charge on any atom is -0.310 e. The zero-order chi connectivity index (χ0) is 24.6. The van der Waals surface area contributed by atoms with E-state index >= 15 is 0 Å². The quantitative estimate of drug-likeness (QED) is 0.231. The van der Waals surface area contributed by atoms with Crippen LogP contribution in [0.1, 0.15) is 0 Å². The van der Waals surface area contributed by atoms with Crippen molar-refractivity contribution >= 4 is 49.4 Å². The Kier molecular flexibility index (Phi) is 5.19. The smallest absolute Gasteiger partial charge is 0.0468 e. The molecule has 0 saturated carbocycles. The third-order valence-electron chi connectivity index (χ3n) is 7.21. The highest BCUT2D eigenvalue weighted by Gasteiger charge is 2.13. The third-order valence-corrected chi connectivity index (χ3v) is 7.21. The summed E-state index contributed by atoms with van der Waals surface area (Å²) >= 11 is 0. The van der Waals surface area contributed by atoms with Crippen LogP contribution >= 0.6 is 0 Å². The van der Waals surface area contributed by atoms with Gasteiger partial charge < -0.3 is 4.90 Å². The standard InChI is InChI=1S/C36H25N/c1-3-12-30(13-4-1)37(31-14-5-2-6-15-31)32-21-23-36-29(25-32)19-18-27-24-28(20-22-35(27)36)34-17-9-11-26-10-7-8-16-33(26)34/h1-25H. The van der Waals surface area contributed by atoms with E-state index in [4.69, 9.17) is 0 Å². The lowest BCUT2D eigenvalue weighted by Gasteiger charge is -2.25. The van der Waals surface area contributed by atoms with Crippen molar-refractivity contribution in [1.29, 1.82) is 0 Å². The van der Waals surface area contributed by atoms with Gasteiger partial charge in [0, 0.05) is 17.1 Å². The first kappa shape index (κ1) is 21.4. The molecule has 0 atom stereocenters. The van der Waals surface area contributed by atoms with Crippen molar-refractivity contribution in [3.63, 3.8) is 0 Å².